The smallest absolute Gasteiger partial charge is 0.278 e. The second-order valence-electron chi connectivity index (χ2n) is 5.42. The third kappa shape index (κ3) is 2.95. The van der Waals surface area contributed by atoms with E-state index >= 15 is 0 Å². The summed E-state index contributed by atoms with van der Waals surface area (Å²) in [7, 11) is 0. The van der Waals surface area contributed by atoms with Gasteiger partial charge in [-0.25, -0.2) is 19.3 Å². The van der Waals surface area contributed by atoms with Crippen LogP contribution in [0, 0.1) is 5.82 Å². The highest BCUT2D eigenvalue weighted by Crippen LogP contribution is 2.24. The van der Waals surface area contributed by atoms with Crippen molar-refractivity contribution in [1.29, 1.82) is 0 Å². The molecule has 0 aliphatic carbocycles. The van der Waals surface area contributed by atoms with Crippen LogP contribution < -0.4 is 5.56 Å². The van der Waals surface area contributed by atoms with Gasteiger partial charge in [0.15, 0.2) is 10.8 Å². The van der Waals surface area contributed by atoms with E-state index in [9.17, 15) is 9.18 Å². The number of hydrogen-bond acceptors (Lipinski definition) is 5. The average Bonchev–Trinajstić information content (AvgIpc) is 2.56. The van der Waals surface area contributed by atoms with Gasteiger partial charge < -0.3 is 0 Å². The Morgan fingerprint density at radius 2 is 2.04 bits per heavy atom. The van der Waals surface area contributed by atoms with Crippen molar-refractivity contribution < 1.29 is 4.39 Å². The molecule has 124 valence electrons. The molecule has 1 aromatic carbocycles. The third-order valence-electron chi connectivity index (χ3n) is 3.50. The lowest BCUT2D eigenvalue weighted by Crippen LogP contribution is -2.26. The van der Waals surface area contributed by atoms with Crippen LogP contribution in [0.3, 0.4) is 0 Å². The number of benzene rings is 1. The lowest BCUT2D eigenvalue weighted by atomic mass is 10.1. The van der Waals surface area contributed by atoms with Crippen molar-refractivity contribution in [3.8, 4) is 11.3 Å². The fourth-order valence-corrected chi connectivity index (χ4v) is 2.98. The van der Waals surface area contributed by atoms with Gasteiger partial charge >= 0.3 is 0 Å². The zero-order valence-electron chi connectivity index (χ0n) is 13.2. The molecule has 0 fully saturated rings. The van der Waals surface area contributed by atoms with Crippen molar-refractivity contribution in [2.24, 2.45) is 0 Å². The number of halogens is 2. The molecule has 0 saturated heterocycles. The molecule has 3 rings (SSSR count). The largest absolute Gasteiger partial charge is 0.287 e. The van der Waals surface area contributed by atoms with Crippen LogP contribution in [0.1, 0.15) is 19.9 Å². The summed E-state index contributed by atoms with van der Waals surface area (Å²) in [5, 5.41) is 0.570. The Morgan fingerprint density at radius 3 is 2.67 bits per heavy atom. The van der Waals surface area contributed by atoms with E-state index in [0.29, 0.717) is 26.4 Å². The molecule has 0 bridgehead atoms. The summed E-state index contributed by atoms with van der Waals surface area (Å²) in [6.07, 6.45) is 3.45. The molecule has 0 aliphatic heterocycles. The zero-order valence-corrected chi connectivity index (χ0v) is 15.7. The van der Waals surface area contributed by atoms with E-state index in [4.69, 9.17) is 0 Å². The quantitative estimate of drug-likeness (QED) is 0.482. The molecule has 2 aromatic heterocycles. The number of thioether (sulfide) groups is 1. The molecule has 0 N–H and O–H groups in total. The Balaban J connectivity index is 2.36. The van der Waals surface area contributed by atoms with Gasteiger partial charge in [-0.15, -0.1) is 0 Å². The van der Waals surface area contributed by atoms with Gasteiger partial charge in [0, 0.05) is 11.6 Å². The van der Waals surface area contributed by atoms with E-state index in [1.54, 1.807) is 22.9 Å². The zero-order chi connectivity index (χ0) is 17.4. The monoisotopic (exact) mass is 408 g/mol. The number of rotatable bonds is 3. The van der Waals surface area contributed by atoms with Gasteiger partial charge in [0.05, 0.1) is 10.7 Å². The van der Waals surface area contributed by atoms with E-state index in [2.05, 4.69) is 30.9 Å². The molecule has 0 unspecified atom stereocenters. The molecule has 5 nitrogen and oxygen atoms in total. The van der Waals surface area contributed by atoms with Crippen molar-refractivity contribution in [3.05, 3.63) is 45.0 Å². The Labute approximate surface area is 150 Å². The van der Waals surface area contributed by atoms with Crippen molar-refractivity contribution in [1.82, 2.24) is 19.5 Å². The van der Waals surface area contributed by atoms with Gasteiger partial charge in [-0.3, -0.25) is 9.36 Å². The first kappa shape index (κ1) is 17.0. The van der Waals surface area contributed by atoms with Crippen LogP contribution in [0.2, 0.25) is 0 Å². The van der Waals surface area contributed by atoms with Crippen molar-refractivity contribution >= 4 is 38.9 Å². The molecule has 8 heteroatoms. The number of aromatic nitrogens is 4. The summed E-state index contributed by atoms with van der Waals surface area (Å²) in [5.41, 5.74) is 1.29. The fourth-order valence-electron chi connectivity index (χ4n) is 2.39. The van der Waals surface area contributed by atoms with Gasteiger partial charge in [0.1, 0.15) is 17.0 Å². The molecule has 24 heavy (non-hydrogen) atoms. The second-order valence-corrected chi connectivity index (χ2v) is 7.05. The first-order valence-corrected chi connectivity index (χ1v) is 9.23. The van der Waals surface area contributed by atoms with Gasteiger partial charge in [0.2, 0.25) is 0 Å². The maximum atomic E-state index is 13.9. The topological polar surface area (TPSA) is 60.7 Å². The Kier molecular flexibility index (Phi) is 4.69. The Bertz CT molecular complexity index is 990. The van der Waals surface area contributed by atoms with Gasteiger partial charge in [-0.1, -0.05) is 17.8 Å². The summed E-state index contributed by atoms with van der Waals surface area (Å²) >= 11 is 4.51. The molecule has 0 aliphatic rings. The third-order valence-corrected chi connectivity index (χ3v) is 4.71. The molecule has 0 amide bonds. The predicted molar refractivity (Wildman–Crippen MR) is 96.9 cm³/mol. The van der Waals surface area contributed by atoms with Gasteiger partial charge in [0.25, 0.3) is 5.56 Å². The van der Waals surface area contributed by atoms with Crippen LogP contribution in [0.25, 0.3) is 22.4 Å². The van der Waals surface area contributed by atoms with E-state index in [0.717, 1.165) is 0 Å². The highest BCUT2D eigenvalue weighted by atomic mass is 79.9. The molecule has 0 atom stereocenters. The summed E-state index contributed by atoms with van der Waals surface area (Å²) < 4.78 is 15.8. The van der Waals surface area contributed by atoms with E-state index < -0.39 is 5.82 Å². The number of fused-ring (bicyclic) bond motifs is 1. The molecule has 2 heterocycles. The number of hydrogen-bond donors (Lipinski definition) is 0. The summed E-state index contributed by atoms with van der Waals surface area (Å²) in [6, 6.07) is 4.39. The summed E-state index contributed by atoms with van der Waals surface area (Å²) in [6.45, 7) is 3.79. The van der Waals surface area contributed by atoms with Crippen LogP contribution in [-0.2, 0) is 0 Å². The minimum Gasteiger partial charge on any atom is -0.287 e. The highest BCUT2D eigenvalue weighted by Gasteiger charge is 2.17. The SMILES string of the molecule is CSc1ncc2nc(-c3ccc(Br)c(F)c3)c(=O)n(C(C)C)c2n1. The second kappa shape index (κ2) is 6.60. The molecule has 0 saturated carbocycles. The predicted octanol–water partition coefficient (Wildman–Crippen LogP) is 4.06. The van der Waals surface area contributed by atoms with E-state index in [1.165, 1.54) is 17.8 Å². The lowest BCUT2D eigenvalue weighted by molar-refractivity contribution is 0.590. The van der Waals surface area contributed by atoms with Crippen molar-refractivity contribution in [2.45, 2.75) is 25.0 Å². The molecule has 3 aromatic rings. The summed E-state index contributed by atoms with van der Waals surface area (Å²) in [5.74, 6) is -0.445. The Hall–Kier alpha value is -1.80. The molecule has 0 radical (unpaired) electrons. The van der Waals surface area contributed by atoms with Crippen LogP contribution in [0.4, 0.5) is 4.39 Å². The number of nitrogens with zero attached hydrogens (tertiary/aromatic N) is 4. The molecular weight excluding hydrogens is 395 g/mol. The highest BCUT2D eigenvalue weighted by molar-refractivity contribution is 9.10. The first-order valence-electron chi connectivity index (χ1n) is 7.21. The van der Waals surface area contributed by atoms with Gasteiger partial charge in [-0.05, 0) is 48.2 Å². The maximum absolute atomic E-state index is 13.9. The fraction of sp³-hybridized carbons (Fsp3) is 0.250. The standard InChI is InChI=1S/C16H14BrFN4OS/c1-8(2)22-14-12(7-19-16(21-14)24-3)20-13(15(22)23)9-4-5-10(17)11(18)6-9/h4-8H,1-3H3. The van der Waals surface area contributed by atoms with Crippen LogP contribution in [0.15, 0.2) is 38.8 Å². The van der Waals surface area contributed by atoms with Crippen LogP contribution in [0.5, 0.6) is 0 Å². The maximum Gasteiger partial charge on any atom is 0.278 e. The van der Waals surface area contributed by atoms with Gasteiger partial charge in [-0.2, -0.15) is 0 Å². The summed E-state index contributed by atoms with van der Waals surface area (Å²) in [4.78, 5) is 25.9. The average molecular weight is 409 g/mol. The first-order chi connectivity index (χ1) is 11.4. The van der Waals surface area contributed by atoms with Crippen molar-refractivity contribution in [3.63, 3.8) is 0 Å². The Morgan fingerprint density at radius 1 is 1.29 bits per heavy atom. The minimum atomic E-state index is -0.445. The molecule has 0 spiro atoms. The van der Waals surface area contributed by atoms with Crippen molar-refractivity contribution in [2.75, 3.05) is 6.26 Å². The molecular formula is C16H14BrFN4OS. The minimum absolute atomic E-state index is 0.119. The van der Waals surface area contributed by atoms with Crippen LogP contribution >= 0.6 is 27.7 Å². The van der Waals surface area contributed by atoms with E-state index in [1.807, 2.05) is 20.1 Å². The normalized spacial score (nSPS) is 11.4. The van der Waals surface area contributed by atoms with E-state index in [-0.39, 0.29) is 17.3 Å². The van der Waals surface area contributed by atoms with Crippen LogP contribution in [-0.4, -0.2) is 25.8 Å². The lowest BCUT2D eigenvalue weighted by Gasteiger charge is -2.15.